The number of para-hydroxylation sites is 1. The fraction of sp³-hybridized carbons (Fsp3) is 0.160. The van der Waals surface area contributed by atoms with E-state index in [1.807, 2.05) is 30.5 Å². The molecular formula is C25H24ClN3. The minimum atomic E-state index is 0.661. The van der Waals surface area contributed by atoms with Gasteiger partial charge in [-0.25, -0.2) is 0 Å². The second-order valence-corrected chi connectivity index (χ2v) is 7.68. The molecule has 0 spiro atoms. The lowest BCUT2D eigenvalue weighted by Gasteiger charge is -2.11. The summed E-state index contributed by atoms with van der Waals surface area (Å²) in [6.45, 7) is 5.85. The number of benzene rings is 3. The number of nitrogens with one attached hydrogen (secondary N) is 1. The molecule has 0 saturated heterocycles. The fourth-order valence-electron chi connectivity index (χ4n) is 3.63. The molecule has 1 aromatic heterocycles. The second kappa shape index (κ2) is 8.54. The number of aromatic nitrogens is 1. The van der Waals surface area contributed by atoms with Crippen molar-refractivity contribution in [1.82, 2.24) is 9.99 Å². The highest BCUT2D eigenvalue weighted by molar-refractivity contribution is 6.30. The van der Waals surface area contributed by atoms with Crippen LogP contribution in [-0.4, -0.2) is 10.8 Å². The number of nitrogens with zero attached hydrogens (tertiary/aromatic N) is 2. The first-order valence-corrected chi connectivity index (χ1v) is 10.1. The predicted octanol–water partition coefficient (Wildman–Crippen LogP) is 6.08. The molecule has 4 heteroatoms. The number of hydrogen-bond acceptors (Lipinski definition) is 2. The number of halogens is 1. The standard InChI is InChI=1S/C25H24ClN3/c1-18-7-3-4-8-21(18)17-29-19(2)24(23-9-5-6-10-25(23)29)16-28-27-15-20-11-13-22(26)14-12-20/h3-14,16,27H,15,17H2,1-2H3/b28-16-. The van der Waals surface area contributed by atoms with Gasteiger partial charge in [-0.15, -0.1) is 0 Å². The quantitative estimate of drug-likeness (QED) is 0.307. The van der Waals surface area contributed by atoms with Crippen LogP contribution < -0.4 is 5.43 Å². The molecule has 0 fully saturated rings. The van der Waals surface area contributed by atoms with Gasteiger partial charge >= 0.3 is 0 Å². The topological polar surface area (TPSA) is 29.3 Å². The fourth-order valence-corrected chi connectivity index (χ4v) is 3.76. The molecule has 3 aromatic carbocycles. The van der Waals surface area contributed by atoms with Crippen LogP contribution in [0.4, 0.5) is 0 Å². The Kier molecular flexibility index (Phi) is 5.68. The van der Waals surface area contributed by atoms with Crippen LogP contribution in [-0.2, 0) is 13.1 Å². The number of fused-ring (bicyclic) bond motifs is 1. The molecule has 3 nitrogen and oxygen atoms in total. The maximum atomic E-state index is 5.94. The molecule has 4 aromatic rings. The molecule has 146 valence electrons. The maximum Gasteiger partial charge on any atom is 0.0580 e. The van der Waals surface area contributed by atoms with Crippen LogP contribution in [0.15, 0.2) is 77.9 Å². The van der Waals surface area contributed by atoms with Crippen molar-refractivity contribution in [3.05, 3.63) is 106 Å². The highest BCUT2D eigenvalue weighted by atomic mass is 35.5. The lowest BCUT2D eigenvalue weighted by Crippen LogP contribution is -2.06. The molecule has 0 aliphatic rings. The molecule has 0 unspecified atom stereocenters. The van der Waals surface area contributed by atoms with Crippen molar-refractivity contribution in [3.8, 4) is 0 Å². The summed E-state index contributed by atoms with van der Waals surface area (Å²) in [4.78, 5) is 0. The number of aryl methyl sites for hydroxylation is 1. The van der Waals surface area contributed by atoms with Gasteiger partial charge in [0.15, 0.2) is 0 Å². The SMILES string of the molecule is Cc1ccccc1Cn1c(C)c(/C=N\NCc2ccc(Cl)cc2)c2ccccc21. The number of rotatable bonds is 6. The van der Waals surface area contributed by atoms with Crippen LogP contribution in [0, 0.1) is 13.8 Å². The molecule has 29 heavy (non-hydrogen) atoms. The van der Waals surface area contributed by atoms with Gasteiger partial charge < -0.3 is 9.99 Å². The number of hydrazone groups is 1. The number of hydrogen-bond donors (Lipinski definition) is 1. The van der Waals surface area contributed by atoms with Gasteiger partial charge in [-0.1, -0.05) is 66.2 Å². The van der Waals surface area contributed by atoms with Crippen molar-refractivity contribution in [3.63, 3.8) is 0 Å². The van der Waals surface area contributed by atoms with E-state index in [2.05, 4.69) is 77.5 Å². The Labute approximate surface area is 176 Å². The Morgan fingerprint density at radius 3 is 2.45 bits per heavy atom. The molecule has 0 aliphatic heterocycles. The largest absolute Gasteiger partial charge is 0.340 e. The molecule has 0 radical (unpaired) electrons. The van der Waals surface area contributed by atoms with Crippen molar-refractivity contribution >= 4 is 28.7 Å². The van der Waals surface area contributed by atoms with Crippen molar-refractivity contribution in [1.29, 1.82) is 0 Å². The summed E-state index contributed by atoms with van der Waals surface area (Å²) in [5.74, 6) is 0. The van der Waals surface area contributed by atoms with Gasteiger partial charge in [0.2, 0.25) is 0 Å². The van der Waals surface area contributed by atoms with Gasteiger partial charge in [0.1, 0.15) is 0 Å². The van der Waals surface area contributed by atoms with Crippen LogP contribution in [0.25, 0.3) is 10.9 Å². The monoisotopic (exact) mass is 401 g/mol. The lowest BCUT2D eigenvalue weighted by molar-refractivity contribution is 0.747. The van der Waals surface area contributed by atoms with Gasteiger partial charge in [0.25, 0.3) is 0 Å². The molecule has 1 heterocycles. The zero-order chi connectivity index (χ0) is 20.2. The average molecular weight is 402 g/mol. The predicted molar refractivity (Wildman–Crippen MR) is 123 cm³/mol. The summed E-state index contributed by atoms with van der Waals surface area (Å²) < 4.78 is 2.37. The highest BCUT2D eigenvalue weighted by Crippen LogP contribution is 2.26. The van der Waals surface area contributed by atoms with Gasteiger partial charge in [-0.2, -0.15) is 5.10 Å². The first kappa shape index (κ1) is 19.3. The van der Waals surface area contributed by atoms with E-state index in [4.69, 9.17) is 11.6 Å². The minimum absolute atomic E-state index is 0.661. The van der Waals surface area contributed by atoms with E-state index >= 15 is 0 Å². The summed E-state index contributed by atoms with van der Waals surface area (Å²) in [5, 5.41) is 6.45. The summed E-state index contributed by atoms with van der Waals surface area (Å²) in [6, 6.07) is 24.9. The molecule has 0 atom stereocenters. The Morgan fingerprint density at radius 2 is 1.66 bits per heavy atom. The zero-order valence-corrected chi connectivity index (χ0v) is 17.4. The van der Waals surface area contributed by atoms with Crippen LogP contribution in [0.5, 0.6) is 0 Å². The van der Waals surface area contributed by atoms with Crippen molar-refractivity contribution in [2.45, 2.75) is 26.9 Å². The molecule has 0 saturated carbocycles. The molecule has 1 N–H and O–H groups in total. The Bertz CT molecular complexity index is 1160. The van der Waals surface area contributed by atoms with Gasteiger partial charge in [-0.3, -0.25) is 0 Å². The first-order chi connectivity index (χ1) is 14.1. The van der Waals surface area contributed by atoms with E-state index in [9.17, 15) is 0 Å². The molecular weight excluding hydrogens is 378 g/mol. The van der Waals surface area contributed by atoms with Crippen molar-refractivity contribution in [2.24, 2.45) is 5.10 Å². The van der Waals surface area contributed by atoms with Crippen LogP contribution in [0.1, 0.15) is 27.9 Å². The smallest absolute Gasteiger partial charge is 0.0580 e. The highest BCUT2D eigenvalue weighted by Gasteiger charge is 2.13. The lowest BCUT2D eigenvalue weighted by atomic mass is 10.1. The van der Waals surface area contributed by atoms with E-state index in [1.165, 1.54) is 27.7 Å². The van der Waals surface area contributed by atoms with E-state index in [0.717, 1.165) is 22.7 Å². The van der Waals surface area contributed by atoms with Crippen LogP contribution in [0.2, 0.25) is 5.02 Å². The summed E-state index contributed by atoms with van der Waals surface area (Å²) in [5.41, 5.74) is 10.5. The third-order valence-electron chi connectivity index (χ3n) is 5.35. The maximum absolute atomic E-state index is 5.94. The Hall–Kier alpha value is -3.04. The van der Waals surface area contributed by atoms with E-state index < -0.39 is 0 Å². The minimum Gasteiger partial charge on any atom is -0.340 e. The van der Waals surface area contributed by atoms with E-state index in [-0.39, 0.29) is 0 Å². The Morgan fingerprint density at radius 1 is 0.931 bits per heavy atom. The van der Waals surface area contributed by atoms with Crippen molar-refractivity contribution < 1.29 is 0 Å². The van der Waals surface area contributed by atoms with Crippen molar-refractivity contribution in [2.75, 3.05) is 0 Å². The molecule has 4 rings (SSSR count). The molecule has 0 aliphatic carbocycles. The summed E-state index contributed by atoms with van der Waals surface area (Å²) >= 11 is 5.94. The van der Waals surface area contributed by atoms with Crippen LogP contribution in [0.3, 0.4) is 0 Å². The second-order valence-electron chi connectivity index (χ2n) is 7.25. The van der Waals surface area contributed by atoms with Gasteiger partial charge in [0, 0.05) is 33.7 Å². The van der Waals surface area contributed by atoms with E-state index in [0.29, 0.717) is 6.54 Å². The zero-order valence-electron chi connectivity index (χ0n) is 16.7. The third-order valence-corrected chi connectivity index (χ3v) is 5.60. The normalized spacial score (nSPS) is 11.4. The van der Waals surface area contributed by atoms with Gasteiger partial charge in [0.05, 0.1) is 12.8 Å². The first-order valence-electron chi connectivity index (χ1n) is 9.76. The van der Waals surface area contributed by atoms with Crippen LogP contribution >= 0.6 is 11.6 Å². The summed E-state index contributed by atoms with van der Waals surface area (Å²) in [6.07, 6.45) is 1.93. The van der Waals surface area contributed by atoms with Gasteiger partial charge in [-0.05, 0) is 48.7 Å². The Balaban J connectivity index is 1.60. The summed E-state index contributed by atoms with van der Waals surface area (Å²) in [7, 11) is 0. The average Bonchev–Trinajstić information content (AvgIpc) is 3.00. The van der Waals surface area contributed by atoms with E-state index in [1.54, 1.807) is 0 Å². The molecule has 0 bridgehead atoms. The molecule has 0 amide bonds. The third kappa shape index (κ3) is 4.20.